The third-order valence-electron chi connectivity index (χ3n) is 3.88. The molecule has 0 amide bonds. The van der Waals surface area contributed by atoms with Gasteiger partial charge in [0.15, 0.2) is 0 Å². The van der Waals surface area contributed by atoms with E-state index in [0.29, 0.717) is 0 Å². The summed E-state index contributed by atoms with van der Waals surface area (Å²) in [7, 11) is 0. The molecule has 1 aliphatic heterocycles. The summed E-state index contributed by atoms with van der Waals surface area (Å²) in [4.78, 5) is 5.10. The highest BCUT2D eigenvalue weighted by atomic mass is 15.4. The highest BCUT2D eigenvalue weighted by Gasteiger charge is 2.17. The molecule has 0 radical (unpaired) electrons. The molecule has 0 atom stereocenters. The molecule has 1 aliphatic rings. The predicted molar refractivity (Wildman–Crippen MR) is 85.1 cm³/mol. The highest BCUT2D eigenvalue weighted by molar-refractivity contribution is 4.91. The van der Waals surface area contributed by atoms with Crippen molar-refractivity contribution in [1.82, 2.24) is 30.1 Å². The topological polar surface area (TPSA) is 49.2 Å². The van der Waals surface area contributed by atoms with E-state index < -0.39 is 0 Å². The largest absolute Gasteiger partial charge is 0.311 e. The summed E-state index contributed by atoms with van der Waals surface area (Å²) < 4.78 is 1.97. The van der Waals surface area contributed by atoms with Crippen molar-refractivity contribution < 1.29 is 0 Å². The second-order valence-electron chi connectivity index (χ2n) is 6.29. The number of nitrogens with one attached hydrogen (secondary N) is 1. The lowest BCUT2D eigenvalue weighted by atomic mass is 10.2. The lowest BCUT2D eigenvalue weighted by Crippen LogP contribution is -2.48. The van der Waals surface area contributed by atoms with Crippen molar-refractivity contribution >= 4 is 0 Å². The first-order chi connectivity index (χ1) is 10.2. The molecule has 1 saturated heterocycles. The maximum absolute atomic E-state index is 4.20. The van der Waals surface area contributed by atoms with E-state index in [-0.39, 0.29) is 0 Å². The van der Waals surface area contributed by atoms with Crippen LogP contribution in [0.1, 0.15) is 26.5 Å². The van der Waals surface area contributed by atoms with Crippen molar-refractivity contribution in [3.05, 3.63) is 11.9 Å². The average Bonchev–Trinajstić information content (AvgIpc) is 2.92. The summed E-state index contributed by atoms with van der Waals surface area (Å²) in [6.45, 7) is 16.4. The van der Waals surface area contributed by atoms with Gasteiger partial charge in [-0.1, -0.05) is 26.0 Å². The second kappa shape index (κ2) is 8.46. The molecule has 21 heavy (non-hydrogen) atoms. The van der Waals surface area contributed by atoms with Gasteiger partial charge in [-0.3, -0.25) is 9.58 Å². The first kappa shape index (κ1) is 16.4. The molecule has 0 unspecified atom stereocenters. The minimum atomic E-state index is 0.766. The van der Waals surface area contributed by atoms with Gasteiger partial charge in [0, 0.05) is 52.0 Å². The van der Waals surface area contributed by atoms with Gasteiger partial charge in [-0.2, -0.15) is 0 Å². The molecule has 6 heteroatoms. The Bertz CT molecular complexity index is 395. The minimum Gasteiger partial charge on any atom is -0.311 e. The Morgan fingerprint density at radius 1 is 1.14 bits per heavy atom. The summed E-state index contributed by atoms with van der Waals surface area (Å²) in [6.07, 6.45) is 2.05. The molecule has 1 N–H and O–H groups in total. The Labute approximate surface area is 128 Å². The molecular weight excluding hydrogens is 264 g/mol. The van der Waals surface area contributed by atoms with Crippen LogP contribution in [-0.2, 0) is 13.1 Å². The van der Waals surface area contributed by atoms with Gasteiger partial charge in [-0.05, 0) is 12.5 Å². The number of piperazine rings is 1. The molecule has 1 aromatic heterocycles. The van der Waals surface area contributed by atoms with Crippen molar-refractivity contribution in [3.8, 4) is 0 Å². The molecule has 6 nitrogen and oxygen atoms in total. The molecule has 1 aromatic rings. The van der Waals surface area contributed by atoms with Gasteiger partial charge in [0.2, 0.25) is 0 Å². The molecule has 120 valence electrons. The number of aromatic nitrogens is 3. The maximum atomic E-state index is 4.20. The van der Waals surface area contributed by atoms with Crippen LogP contribution in [0.25, 0.3) is 0 Å². The molecule has 2 rings (SSSR count). The second-order valence-corrected chi connectivity index (χ2v) is 6.29. The molecule has 1 fully saturated rings. The normalized spacial score (nSPS) is 17.7. The van der Waals surface area contributed by atoms with Crippen LogP contribution in [0.5, 0.6) is 0 Å². The lowest BCUT2D eigenvalue weighted by molar-refractivity contribution is 0.118. The van der Waals surface area contributed by atoms with Crippen molar-refractivity contribution in [2.45, 2.75) is 33.9 Å². The van der Waals surface area contributed by atoms with Crippen LogP contribution >= 0.6 is 0 Å². The van der Waals surface area contributed by atoms with Crippen molar-refractivity contribution in [3.63, 3.8) is 0 Å². The van der Waals surface area contributed by atoms with E-state index >= 15 is 0 Å². The van der Waals surface area contributed by atoms with Gasteiger partial charge in [0.1, 0.15) is 0 Å². The molecule has 0 bridgehead atoms. The Hall–Kier alpha value is -0.980. The zero-order valence-electron chi connectivity index (χ0n) is 13.8. The smallest absolute Gasteiger partial charge is 0.0964 e. The Morgan fingerprint density at radius 3 is 2.52 bits per heavy atom. The Balaban J connectivity index is 1.66. The van der Waals surface area contributed by atoms with Crippen LogP contribution in [0.15, 0.2) is 6.20 Å². The SMILES string of the molecule is CCNCc1cn(CCN2CCN(CC(C)C)CC2)nn1. The van der Waals surface area contributed by atoms with Crippen LogP contribution in [0.2, 0.25) is 0 Å². The maximum Gasteiger partial charge on any atom is 0.0964 e. The van der Waals surface area contributed by atoms with Gasteiger partial charge in [0.25, 0.3) is 0 Å². The summed E-state index contributed by atoms with van der Waals surface area (Å²) in [5.41, 5.74) is 1.03. The fourth-order valence-electron chi connectivity index (χ4n) is 2.74. The van der Waals surface area contributed by atoms with Gasteiger partial charge >= 0.3 is 0 Å². The fraction of sp³-hybridized carbons (Fsp3) is 0.867. The quantitative estimate of drug-likeness (QED) is 0.763. The highest BCUT2D eigenvalue weighted by Crippen LogP contribution is 2.05. The van der Waals surface area contributed by atoms with Crippen LogP contribution in [-0.4, -0.2) is 70.6 Å². The zero-order valence-corrected chi connectivity index (χ0v) is 13.8. The average molecular weight is 294 g/mol. The van der Waals surface area contributed by atoms with Crippen LogP contribution in [0, 0.1) is 5.92 Å². The first-order valence-electron chi connectivity index (χ1n) is 8.21. The standard InChI is InChI=1S/C15H30N6/c1-4-16-11-15-13-21(18-17-15)10-9-19-5-7-20(8-6-19)12-14(2)3/h13-14,16H,4-12H2,1-3H3. The monoisotopic (exact) mass is 294 g/mol. The van der Waals surface area contributed by atoms with Crippen molar-refractivity contribution in [2.24, 2.45) is 5.92 Å². The summed E-state index contributed by atoms with van der Waals surface area (Å²) in [5.74, 6) is 0.766. The number of nitrogens with zero attached hydrogens (tertiary/aromatic N) is 5. The third kappa shape index (κ3) is 5.73. The molecule has 0 aromatic carbocycles. The summed E-state index contributed by atoms with van der Waals surface area (Å²) >= 11 is 0. The van der Waals surface area contributed by atoms with Crippen LogP contribution in [0.3, 0.4) is 0 Å². The van der Waals surface area contributed by atoms with Crippen LogP contribution < -0.4 is 5.32 Å². The molecule has 0 aliphatic carbocycles. The molecule has 0 spiro atoms. The van der Waals surface area contributed by atoms with E-state index in [2.05, 4.69) is 52.4 Å². The lowest BCUT2D eigenvalue weighted by Gasteiger charge is -2.35. The Morgan fingerprint density at radius 2 is 1.86 bits per heavy atom. The predicted octanol–water partition coefficient (Wildman–Crippen LogP) is 0.661. The van der Waals surface area contributed by atoms with E-state index in [1.807, 2.05) is 4.68 Å². The molecular formula is C15H30N6. The first-order valence-corrected chi connectivity index (χ1v) is 8.21. The number of rotatable bonds is 8. The minimum absolute atomic E-state index is 0.766. The van der Waals surface area contributed by atoms with E-state index in [1.54, 1.807) is 0 Å². The fourth-order valence-corrected chi connectivity index (χ4v) is 2.74. The third-order valence-corrected chi connectivity index (χ3v) is 3.88. The van der Waals surface area contributed by atoms with Gasteiger partial charge in [-0.25, -0.2) is 0 Å². The van der Waals surface area contributed by atoms with E-state index in [0.717, 1.165) is 37.8 Å². The molecule has 2 heterocycles. The van der Waals surface area contributed by atoms with Gasteiger partial charge in [-0.15, -0.1) is 5.10 Å². The van der Waals surface area contributed by atoms with Crippen molar-refractivity contribution in [1.29, 1.82) is 0 Å². The zero-order chi connectivity index (χ0) is 15.1. The van der Waals surface area contributed by atoms with Crippen molar-refractivity contribution in [2.75, 3.05) is 45.8 Å². The van der Waals surface area contributed by atoms with E-state index in [1.165, 1.54) is 32.7 Å². The van der Waals surface area contributed by atoms with E-state index in [4.69, 9.17) is 0 Å². The Kier molecular flexibility index (Phi) is 6.60. The molecule has 0 saturated carbocycles. The summed E-state index contributed by atoms with van der Waals surface area (Å²) in [6, 6.07) is 0. The number of hydrogen-bond donors (Lipinski definition) is 1. The summed E-state index contributed by atoms with van der Waals surface area (Å²) in [5, 5.41) is 11.7. The number of hydrogen-bond acceptors (Lipinski definition) is 5. The van der Waals surface area contributed by atoms with Crippen LogP contribution in [0.4, 0.5) is 0 Å². The van der Waals surface area contributed by atoms with Gasteiger partial charge < -0.3 is 10.2 Å². The van der Waals surface area contributed by atoms with Gasteiger partial charge in [0.05, 0.1) is 12.2 Å². The van der Waals surface area contributed by atoms with E-state index in [9.17, 15) is 0 Å².